The van der Waals surface area contributed by atoms with Crippen LogP contribution in [0.1, 0.15) is 11.9 Å². The van der Waals surface area contributed by atoms with Gasteiger partial charge in [0.25, 0.3) is 0 Å². The highest BCUT2D eigenvalue weighted by molar-refractivity contribution is 7.10. The van der Waals surface area contributed by atoms with Crippen molar-refractivity contribution in [3.05, 3.63) is 46.2 Å². The van der Waals surface area contributed by atoms with Crippen molar-refractivity contribution in [2.24, 2.45) is 4.99 Å². The molecule has 0 fully saturated rings. The van der Waals surface area contributed by atoms with Gasteiger partial charge in [-0.05, 0) is 49.2 Å². The van der Waals surface area contributed by atoms with Gasteiger partial charge in [-0.25, -0.2) is 0 Å². The molecule has 2 aromatic rings. The number of hydrogen-bond donors (Lipinski definition) is 0. The predicted molar refractivity (Wildman–Crippen MR) is 88.0 cm³/mol. The van der Waals surface area contributed by atoms with Gasteiger partial charge >= 0.3 is 1.43 Å². The molecule has 0 saturated carbocycles. The van der Waals surface area contributed by atoms with E-state index >= 15 is 0 Å². The Balaban J connectivity index is 0.00000200. The maximum Gasteiger partial charge on any atom is 1.00 e. The molecule has 0 saturated heterocycles. The van der Waals surface area contributed by atoms with Crippen LogP contribution in [-0.2, 0) is 6.42 Å². The van der Waals surface area contributed by atoms with Crippen LogP contribution < -0.4 is 4.43 Å². The standard InChI is InChI=1S/C15H19NOSSi/c1-12-6-7-15(17-19(2)3)14(11-12)16-9-8-13-5-4-10-18-13/h4-7,9-11,19H,8H2,1-3H3/p+1. The van der Waals surface area contributed by atoms with Gasteiger partial charge in [-0.3, -0.25) is 4.99 Å². The molecule has 0 aliphatic rings. The van der Waals surface area contributed by atoms with Crippen LogP contribution in [0.25, 0.3) is 0 Å². The van der Waals surface area contributed by atoms with Crippen molar-refractivity contribution >= 4 is 32.3 Å². The second kappa shape index (κ2) is 6.68. The molecule has 0 aliphatic carbocycles. The van der Waals surface area contributed by atoms with E-state index in [1.165, 1.54) is 10.4 Å². The van der Waals surface area contributed by atoms with Gasteiger partial charge in [0, 0.05) is 17.5 Å². The van der Waals surface area contributed by atoms with E-state index in [9.17, 15) is 0 Å². The lowest BCUT2D eigenvalue weighted by atomic mass is 10.2. The van der Waals surface area contributed by atoms with E-state index in [2.05, 4.69) is 54.7 Å². The summed E-state index contributed by atoms with van der Waals surface area (Å²) in [5.41, 5.74) is 2.15. The molecule has 4 heteroatoms. The average Bonchev–Trinajstić information content (AvgIpc) is 2.85. The molecule has 1 aromatic heterocycles. The molecule has 100 valence electrons. The first kappa shape index (κ1) is 14.0. The van der Waals surface area contributed by atoms with Crippen LogP contribution in [-0.4, -0.2) is 15.3 Å². The highest BCUT2D eigenvalue weighted by Crippen LogP contribution is 2.29. The lowest BCUT2D eigenvalue weighted by molar-refractivity contribution is 0.582. The fourth-order valence-electron chi connectivity index (χ4n) is 1.74. The van der Waals surface area contributed by atoms with Crippen molar-refractivity contribution in [3.8, 4) is 5.75 Å². The fraction of sp³-hybridized carbons (Fsp3) is 0.267. The van der Waals surface area contributed by atoms with Crippen LogP contribution in [0.2, 0.25) is 13.1 Å². The van der Waals surface area contributed by atoms with E-state index in [0.717, 1.165) is 17.9 Å². The largest absolute Gasteiger partial charge is 1.00 e. The maximum absolute atomic E-state index is 5.92. The zero-order valence-electron chi connectivity index (χ0n) is 12.6. The molecule has 0 aliphatic heterocycles. The number of aryl methyl sites for hydroxylation is 1. The summed E-state index contributed by atoms with van der Waals surface area (Å²) in [7, 11) is -1.10. The van der Waals surface area contributed by atoms with Crippen LogP contribution in [0.4, 0.5) is 5.69 Å². The molecular formula is C15H20NOSSi+. The number of thiophene rings is 1. The number of hydrogen-bond acceptors (Lipinski definition) is 3. The van der Waals surface area contributed by atoms with Crippen LogP contribution in [0, 0.1) is 6.92 Å². The number of benzene rings is 1. The Morgan fingerprint density at radius 2 is 2.21 bits per heavy atom. The van der Waals surface area contributed by atoms with E-state index in [4.69, 9.17) is 4.43 Å². The maximum atomic E-state index is 5.92. The Bertz CT molecular complexity index is 555. The highest BCUT2D eigenvalue weighted by Gasteiger charge is 2.05. The van der Waals surface area contributed by atoms with E-state index < -0.39 is 9.04 Å². The van der Waals surface area contributed by atoms with Gasteiger partial charge in [-0.1, -0.05) is 12.1 Å². The molecule has 0 atom stereocenters. The third kappa shape index (κ3) is 4.33. The summed E-state index contributed by atoms with van der Waals surface area (Å²) >= 11 is 1.76. The Morgan fingerprint density at radius 1 is 1.37 bits per heavy atom. The van der Waals surface area contributed by atoms with Crippen molar-refractivity contribution < 1.29 is 5.85 Å². The minimum absolute atomic E-state index is 0. The number of rotatable bonds is 5. The van der Waals surface area contributed by atoms with Crippen LogP contribution >= 0.6 is 11.3 Å². The zero-order chi connectivity index (χ0) is 13.7. The average molecular weight is 290 g/mol. The Hall–Kier alpha value is -1.39. The van der Waals surface area contributed by atoms with Crippen molar-refractivity contribution in [1.82, 2.24) is 0 Å². The van der Waals surface area contributed by atoms with Gasteiger partial charge < -0.3 is 4.43 Å². The summed E-state index contributed by atoms with van der Waals surface area (Å²) in [5.74, 6) is 0.912. The second-order valence-corrected chi connectivity index (χ2v) is 8.10. The molecular weight excluding hydrogens is 270 g/mol. The summed E-state index contributed by atoms with van der Waals surface area (Å²) in [5, 5.41) is 2.09. The molecule has 1 aromatic carbocycles. The van der Waals surface area contributed by atoms with E-state index in [1.807, 2.05) is 12.3 Å². The Labute approximate surface area is 122 Å². The van der Waals surface area contributed by atoms with Crippen LogP contribution in [0.15, 0.2) is 40.7 Å². The van der Waals surface area contributed by atoms with Gasteiger partial charge in [-0.2, -0.15) is 0 Å². The van der Waals surface area contributed by atoms with Gasteiger partial charge in [0.15, 0.2) is 0 Å². The Kier molecular flexibility index (Phi) is 4.93. The van der Waals surface area contributed by atoms with Crippen LogP contribution in [0.3, 0.4) is 0 Å². The number of aliphatic imine (C=N–C) groups is 1. The molecule has 2 rings (SSSR count). The van der Waals surface area contributed by atoms with E-state index in [0.29, 0.717) is 0 Å². The monoisotopic (exact) mass is 290 g/mol. The summed E-state index contributed by atoms with van der Waals surface area (Å²) in [6.45, 7) is 6.41. The van der Waals surface area contributed by atoms with Gasteiger partial charge in [-0.15, -0.1) is 11.3 Å². The highest BCUT2D eigenvalue weighted by atomic mass is 32.1. The normalized spacial score (nSPS) is 11.4. The quantitative estimate of drug-likeness (QED) is 0.588. The number of nitrogens with zero attached hydrogens (tertiary/aromatic N) is 1. The molecule has 19 heavy (non-hydrogen) atoms. The molecule has 0 N–H and O–H groups in total. The lowest BCUT2D eigenvalue weighted by Crippen LogP contribution is -2.11. The minimum Gasteiger partial charge on any atom is -0.546 e. The van der Waals surface area contributed by atoms with Crippen molar-refractivity contribution in [2.45, 2.75) is 26.4 Å². The van der Waals surface area contributed by atoms with Gasteiger partial charge in [0.2, 0.25) is 9.04 Å². The van der Waals surface area contributed by atoms with Crippen molar-refractivity contribution in [3.63, 3.8) is 0 Å². The fourth-order valence-corrected chi connectivity index (χ4v) is 3.11. The summed E-state index contributed by atoms with van der Waals surface area (Å²) in [4.78, 5) is 5.90. The van der Waals surface area contributed by atoms with Gasteiger partial charge in [0.05, 0.1) is 0 Å². The first-order valence-corrected chi connectivity index (χ1v) is 10.1. The zero-order valence-corrected chi connectivity index (χ0v) is 13.6. The predicted octanol–water partition coefficient (Wildman–Crippen LogP) is 4.48. The van der Waals surface area contributed by atoms with Crippen LogP contribution in [0.5, 0.6) is 5.75 Å². The second-order valence-electron chi connectivity index (χ2n) is 4.73. The first-order chi connectivity index (χ1) is 9.15. The van der Waals surface area contributed by atoms with Crippen molar-refractivity contribution in [2.75, 3.05) is 0 Å². The summed E-state index contributed by atoms with van der Waals surface area (Å²) in [6, 6.07) is 10.4. The summed E-state index contributed by atoms with van der Waals surface area (Å²) in [6.07, 6.45) is 2.85. The van der Waals surface area contributed by atoms with E-state index in [1.54, 1.807) is 11.3 Å². The third-order valence-corrected chi connectivity index (χ3v) is 4.20. The molecule has 2 nitrogen and oxygen atoms in total. The molecule has 0 spiro atoms. The molecule has 1 heterocycles. The lowest BCUT2D eigenvalue weighted by Gasteiger charge is -2.12. The molecule has 0 radical (unpaired) electrons. The van der Waals surface area contributed by atoms with Crippen molar-refractivity contribution in [1.29, 1.82) is 0 Å². The first-order valence-electron chi connectivity index (χ1n) is 6.47. The molecule has 0 unspecified atom stereocenters. The summed E-state index contributed by atoms with van der Waals surface area (Å²) < 4.78 is 5.92. The Morgan fingerprint density at radius 3 is 2.89 bits per heavy atom. The SMILES string of the molecule is Cc1ccc(O[SiH](C)C)c(N=CCc2cccs2)c1.[H+]. The minimum atomic E-state index is -1.10. The van der Waals surface area contributed by atoms with E-state index in [-0.39, 0.29) is 1.43 Å². The smallest absolute Gasteiger partial charge is 0.546 e. The molecule has 0 amide bonds. The third-order valence-electron chi connectivity index (χ3n) is 2.58. The topological polar surface area (TPSA) is 21.6 Å². The van der Waals surface area contributed by atoms with Gasteiger partial charge in [0.1, 0.15) is 11.4 Å². The molecule has 0 bridgehead atoms.